The molecule has 0 aromatic heterocycles. The lowest BCUT2D eigenvalue weighted by atomic mass is 10.2. The van der Waals surface area contributed by atoms with Gasteiger partial charge < -0.3 is 20.9 Å². The molecule has 2 rings (SSSR count). The Morgan fingerprint density at radius 1 is 0.852 bits per heavy atom. The Bertz CT molecular complexity index is 816. The average Bonchev–Trinajstić information content (AvgIpc) is 2.66. The van der Waals surface area contributed by atoms with Gasteiger partial charge in [-0.15, -0.1) is 0 Å². The van der Waals surface area contributed by atoms with Crippen molar-refractivity contribution >= 4 is 34.8 Å². The van der Waals surface area contributed by atoms with Crippen LogP contribution >= 0.6 is 0 Å². The van der Waals surface area contributed by atoms with E-state index in [0.29, 0.717) is 23.4 Å². The van der Waals surface area contributed by atoms with Crippen LogP contribution in [-0.4, -0.2) is 43.3 Å². The third-order valence-electron chi connectivity index (χ3n) is 3.74. The Kier molecular flexibility index (Phi) is 6.93. The fourth-order valence-corrected chi connectivity index (χ4v) is 2.30. The molecule has 0 aliphatic carbocycles. The van der Waals surface area contributed by atoms with Crippen molar-refractivity contribution in [3.05, 3.63) is 54.1 Å². The largest absolute Gasteiger partial charge is 0.376 e. The first-order valence-corrected chi connectivity index (χ1v) is 8.64. The summed E-state index contributed by atoms with van der Waals surface area (Å²) >= 11 is 0. The summed E-state index contributed by atoms with van der Waals surface area (Å²) in [6, 6.07) is 13.9. The third-order valence-corrected chi connectivity index (χ3v) is 3.74. The maximum atomic E-state index is 12.1. The van der Waals surface area contributed by atoms with Gasteiger partial charge in [-0.3, -0.25) is 14.4 Å². The number of carbonyl (C=O) groups excluding carboxylic acids is 3. The number of carbonyl (C=O) groups is 3. The van der Waals surface area contributed by atoms with E-state index in [1.165, 1.54) is 4.90 Å². The number of benzene rings is 2. The number of nitrogens with one attached hydrogen (secondary N) is 3. The Hall–Kier alpha value is -3.35. The molecule has 0 unspecified atom stereocenters. The fraction of sp³-hybridized carbons (Fsp3) is 0.250. The predicted octanol–water partition coefficient (Wildman–Crippen LogP) is 2.79. The van der Waals surface area contributed by atoms with Crippen molar-refractivity contribution in [3.8, 4) is 0 Å². The van der Waals surface area contributed by atoms with Crippen molar-refractivity contribution < 1.29 is 14.4 Å². The van der Waals surface area contributed by atoms with E-state index in [-0.39, 0.29) is 24.3 Å². The van der Waals surface area contributed by atoms with Crippen LogP contribution in [0, 0.1) is 0 Å². The minimum atomic E-state index is -0.220. The van der Waals surface area contributed by atoms with Crippen molar-refractivity contribution in [1.29, 1.82) is 0 Å². The second-order valence-corrected chi connectivity index (χ2v) is 6.16. The van der Waals surface area contributed by atoms with Gasteiger partial charge in [0.15, 0.2) is 0 Å². The van der Waals surface area contributed by atoms with Crippen molar-refractivity contribution in [2.24, 2.45) is 0 Å². The maximum absolute atomic E-state index is 12.1. The molecule has 0 spiro atoms. The SMILES string of the molecule is CCC(=O)Nc1cccc(NC(=O)CNc2ccc(C(=O)N(C)C)cc2)c1. The quantitative estimate of drug-likeness (QED) is 0.701. The minimum Gasteiger partial charge on any atom is -0.376 e. The van der Waals surface area contributed by atoms with Crippen LogP contribution in [0.5, 0.6) is 0 Å². The Morgan fingerprint density at radius 2 is 1.44 bits per heavy atom. The lowest BCUT2D eigenvalue weighted by molar-refractivity contribution is -0.116. The first-order valence-electron chi connectivity index (χ1n) is 8.64. The second kappa shape index (κ2) is 9.38. The Morgan fingerprint density at radius 3 is 2.00 bits per heavy atom. The summed E-state index contributed by atoms with van der Waals surface area (Å²) in [6.07, 6.45) is 0.388. The Labute approximate surface area is 158 Å². The zero-order valence-electron chi connectivity index (χ0n) is 15.7. The van der Waals surface area contributed by atoms with Crippen LogP contribution in [-0.2, 0) is 9.59 Å². The van der Waals surface area contributed by atoms with Crippen molar-refractivity contribution in [2.75, 3.05) is 36.6 Å². The van der Waals surface area contributed by atoms with Gasteiger partial charge in [0.05, 0.1) is 6.54 Å². The van der Waals surface area contributed by atoms with Gasteiger partial charge in [0.1, 0.15) is 0 Å². The molecular formula is C20H24N4O3. The zero-order valence-corrected chi connectivity index (χ0v) is 15.7. The number of hydrogen-bond donors (Lipinski definition) is 3. The summed E-state index contributed by atoms with van der Waals surface area (Å²) in [5, 5.41) is 8.53. The number of nitrogens with zero attached hydrogens (tertiary/aromatic N) is 1. The predicted molar refractivity (Wildman–Crippen MR) is 107 cm³/mol. The van der Waals surface area contributed by atoms with E-state index in [0.717, 1.165) is 5.69 Å². The van der Waals surface area contributed by atoms with E-state index in [1.807, 2.05) is 0 Å². The molecule has 7 heteroatoms. The van der Waals surface area contributed by atoms with Crippen molar-refractivity contribution in [2.45, 2.75) is 13.3 Å². The van der Waals surface area contributed by atoms with E-state index in [2.05, 4.69) is 16.0 Å². The molecule has 7 nitrogen and oxygen atoms in total. The van der Waals surface area contributed by atoms with Gasteiger partial charge in [-0.2, -0.15) is 0 Å². The molecule has 0 bridgehead atoms. The van der Waals surface area contributed by atoms with Crippen LogP contribution in [0.4, 0.5) is 17.1 Å². The Balaban J connectivity index is 1.88. The molecular weight excluding hydrogens is 344 g/mol. The molecule has 3 amide bonds. The van der Waals surface area contributed by atoms with Crippen LogP contribution < -0.4 is 16.0 Å². The molecule has 0 heterocycles. The molecule has 3 N–H and O–H groups in total. The molecule has 27 heavy (non-hydrogen) atoms. The minimum absolute atomic E-state index is 0.0747. The van der Waals surface area contributed by atoms with Gasteiger partial charge in [0.25, 0.3) is 5.91 Å². The normalized spacial score (nSPS) is 10.0. The van der Waals surface area contributed by atoms with E-state index >= 15 is 0 Å². The maximum Gasteiger partial charge on any atom is 0.253 e. The lowest BCUT2D eigenvalue weighted by Gasteiger charge is -2.12. The van der Waals surface area contributed by atoms with E-state index in [1.54, 1.807) is 69.6 Å². The summed E-state index contributed by atoms with van der Waals surface area (Å²) in [6.45, 7) is 1.85. The fourth-order valence-electron chi connectivity index (χ4n) is 2.30. The first kappa shape index (κ1) is 20.0. The summed E-state index contributed by atoms with van der Waals surface area (Å²) in [5.41, 5.74) is 2.56. The molecule has 2 aromatic rings. The number of anilines is 3. The summed E-state index contributed by atoms with van der Waals surface area (Å²) in [4.78, 5) is 36.9. The molecule has 0 radical (unpaired) electrons. The van der Waals surface area contributed by atoms with Crippen LogP contribution in [0.1, 0.15) is 23.7 Å². The topological polar surface area (TPSA) is 90.5 Å². The monoisotopic (exact) mass is 368 g/mol. The van der Waals surface area contributed by atoms with Crippen LogP contribution in [0.3, 0.4) is 0 Å². The van der Waals surface area contributed by atoms with Gasteiger partial charge in [0.2, 0.25) is 11.8 Å². The molecule has 0 aliphatic rings. The standard InChI is InChI=1S/C20H24N4O3/c1-4-18(25)22-16-6-5-7-17(12-16)23-19(26)13-21-15-10-8-14(9-11-15)20(27)24(2)3/h5-12,21H,4,13H2,1-3H3,(H,22,25)(H,23,26). The molecule has 0 fully saturated rings. The summed E-state index contributed by atoms with van der Waals surface area (Å²) < 4.78 is 0. The molecule has 2 aromatic carbocycles. The highest BCUT2D eigenvalue weighted by Crippen LogP contribution is 2.15. The highest BCUT2D eigenvalue weighted by Gasteiger charge is 2.08. The average molecular weight is 368 g/mol. The van der Waals surface area contributed by atoms with Crippen LogP contribution in [0.25, 0.3) is 0 Å². The smallest absolute Gasteiger partial charge is 0.253 e. The van der Waals surface area contributed by atoms with Gasteiger partial charge in [-0.05, 0) is 42.5 Å². The van der Waals surface area contributed by atoms with Crippen molar-refractivity contribution in [3.63, 3.8) is 0 Å². The van der Waals surface area contributed by atoms with Crippen LogP contribution in [0.2, 0.25) is 0 Å². The highest BCUT2D eigenvalue weighted by molar-refractivity contribution is 5.96. The van der Waals surface area contributed by atoms with E-state index in [9.17, 15) is 14.4 Å². The van der Waals surface area contributed by atoms with E-state index < -0.39 is 0 Å². The number of rotatable bonds is 7. The summed E-state index contributed by atoms with van der Waals surface area (Å²) in [7, 11) is 3.39. The lowest BCUT2D eigenvalue weighted by Crippen LogP contribution is -2.22. The molecule has 0 atom stereocenters. The zero-order chi connectivity index (χ0) is 19.8. The molecule has 0 saturated carbocycles. The third kappa shape index (κ3) is 6.14. The van der Waals surface area contributed by atoms with E-state index in [4.69, 9.17) is 0 Å². The number of hydrogen-bond acceptors (Lipinski definition) is 4. The summed E-state index contributed by atoms with van der Waals surface area (Å²) in [5.74, 6) is -0.381. The van der Waals surface area contributed by atoms with Gasteiger partial charge in [-0.25, -0.2) is 0 Å². The number of amides is 3. The van der Waals surface area contributed by atoms with Gasteiger partial charge in [0, 0.05) is 43.1 Å². The second-order valence-electron chi connectivity index (χ2n) is 6.16. The molecule has 142 valence electrons. The molecule has 0 saturated heterocycles. The first-order chi connectivity index (χ1) is 12.9. The van der Waals surface area contributed by atoms with Crippen LogP contribution in [0.15, 0.2) is 48.5 Å². The van der Waals surface area contributed by atoms with Gasteiger partial charge >= 0.3 is 0 Å². The highest BCUT2D eigenvalue weighted by atomic mass is 16.2. The van der Waals surface area contributed by atoms with Crippen molar-refractivity contribution in [1.82, 2.24) is 4.90 Å². The van der Waals surface area contributed by atoms with Gasteiger partial charge in [-0.1, -0.05) is 13.0 Å². The molecule has 0 aliphatic heterocycles.